The van der Waals surface area contributed by atoms with E-state index in [9.17, 15) is 4.79 Å². The molecule has 0 saturated carbocycles. The van der Waals surface area contributed by atoms with Gasteiger partial charge in [0.25, 0.3) is 0 Å². The van der Waals surface area contributed by atoms with Gasteiger partial charge in [0.05, 0.1) is 5.54 Å². The van der Waals surface area contributed by atoms with E-state index < -0.39 is 0 Å². The standard InChI is InChI=1S/C13H26N2OS/c1-4-7-13(8-5-9-15-13)12(16)14-10-6-11(2)17-3/h11,15H,4-10H2,1-3H3,(H,14,16). The summed E-state index contributed by atoms with van der Waals surface area (Å²) in [5.41, 5.74) is -0.267. The van der Waals surface area contributed by atoms with Crippen LogP contribution in [0.3, 0.4) is 0 Å². The van der Waals surface area contributed by atoms with E-state index in [1.165, 1.54) is 0 Å². The van der Waals surface area contributed by atoms with Crippen LogP contribution in [0.1, 0.15) is 46.0 Å². The molecule has 2 N–H and O–H groups in total. The molecule has 0 radical (unpaired) electrons. The van der Waals surface area contributed by atoms with Gasteiger partial charge in [0.2, 0.25) is 5.91 Å². The van der Waals surface area contributed by atoms with Crippen molar-refractivity contribution in [2.75, 3.05) is 19.3 Å². The van der Waals surface area contributed by atoms with Gasteiger partial charge in [-0.05, 0) is 38.5 Å². The van der Waals surface area contributed by atoms with Gasteiger partial charge in [-0.25, -0.2) is 0 Å². The maximum Gasteiger partial charge on any atom is 0.240 e. The summed E-state index contributed by atoms with van der Waals surface area (Å²) in [6.07, 6.45) is 7.29. The van der Waals surface area contributed by atoms with Crippen LogP contribution in [0, 0.1) is 0 Å². The summed E-state index contributed by atoms with van der Waals surface area (Å²) in [4.78, 5) is 12.2. The van der Waals surface area contributed by atoms with Crippen molar-refractivity contribution >= 4 is 17.7 Å². The molecule has 0 aliphatic carbocycles. The van der Waals surface area contributed by atoms with Crippen molar-refractivity contribution in [2.24, 2.45) is 0 Å². The Morgan fingerprint density at radius 2 is 2.35 bits per heavy atom. The average molecular weight is 258 g/mol. The SMILES string of the molecule is CCCC1(C(=O)NCCC(C)SC)CCCN1. The van der Waals surface area contributed by atoms with Gasteiger partial charge in [0.15, 0.2) is 0 Å². The number of amides is 1. The molecule has 1 amide bonds. The fourth-order valence-electron chi connectivity index (χ4n) is 2.43. The van der Waals surface area contributed by atoms with E-state index in [0.29, 0.717) is 5.25 Å². The topological polar surface area (TPSA) is 41.1 Å². The van der Waals surface area contributed by atoms with Gasteiger partial charge in [0.1, 0.15) is 0 Å². The first-order chi connectivity index (χ1) is 8.14. The van der Waals surface area contributed by atoms with Gasteiger partial charge in [-0.15, -0.1) is 0 Å². The molecular formula is C13H26N2OS. The highest BCUT2D eigenvalue weighted by atomic mass is 32.2. The molecule has 1 aliphatic heterocycles. The Morgan fingerprint density at radius 1 is 1.59 bits per heavy atom. The average Bonchev–Trinajstić information content (AvgIpc) is 2.79. The minimum Gasteiger partial charge on any atom is -0.354 e. The molecular weight excluding hydrogens is 232 g/mol. The Morgan fingerprint density at radius 3 is 2.88 bits per heavy atom. The van der Waals surface area contributed by atoms with E-state index in [1.54, 1.807) is 0 Å². The van der Waals surface area contributed by atoms with Crippen molar-refractivity contribution in [1.82, 2.24) is 10.6 Å². The maximum absolute atomic E-state index is 12.2. The van der Waals surface area contributed by atoms with Crippen LogP contribution < -0.4 is 10.6 Å². The lowest BCUT2D eigenvalue weighted by Crippen LogP contribution is -2.53. The fraction of sp³-hybridized carbons (Fsp3) is 0.923. The van der Waals surface area contributed by atoms with E-state index in [-0.39, 0.29) is 11.4 Å². The van der Waals surface area contributed by atoms with E-state index in [4.69, 9.17) is 0 Å². The molecule has 1 aliphatic rings. The molecule has 1 rings (SSSR count). The zero-order valence-corrected chi connectivity index (χ0v) is 12.2. The molecule has 0 aromatic carbocycles. The summed E-state index contributed by atoms with van der Waals surface area (Å²) < 4.78 is 0. The number of thioether (sulfide) groups is 1. The third kappa shape index (κ3) is 4.18. The lowest BCUT2D eigenvalue weighted by Gasteiger charge is -2.28. The van der Waals surface area contributed by atoms with Crippen molar-refractivity contribution in [3.05, 3.63) is 0 Å². The van der Waals surface area contributed by atoms with E-state index in [1.807, 2.05) is 11.8 Å². The fourth-order valence-corrected chi connectivity index (χ4v) is 2.78. The quantitative estimate of drug-likeness (QED) is 0.735. The van der Waals surface area contributed by atoms with Gasteiger partial charge in [0, 0.05) is 11.8 Å². The molecule has 2 atom stereocenters. The molecule has 0 spiro atoms. The normalized spacial score (nSPS) is 25.8. The van der Waals surface area contributed by atoms with E-state index in [0.717, 1.165) is 45.2 Å². The lowest BCUT2D eigenvalue weighted by molar-refractivity contribution is -0.127. The molecule has 0 aromatic rings. The van der Waals surface area contributed by atoms with Crippen LogP contribution in [0.15, 0.2) is 0 Å². The second kappa shape index (κ2) is 7.27. The summed E-state index contributed by atoms with van der Waals surface area (Å²) in [5, 5.41) is 7.13. The van der Waals surface area contributed by atoms with Gasteiger partial charge >= 0.3 is 0 Å². The van der Waals surface area contributed by atoms with Crippen LogP contribution in [-0.4, -0.2) is 36.0 Å². The minimum atomic E-state index is -0.267. The predicted octanol–water partition coefficient (Wildman–Crippen LogP) is 2.17. The molecule has 1 heterocycles. The Labute approximate surface area is 109 Å². The molecule has 100 valence electrons. The number of hydrogen-bond donors (Lipinski definition) is 2. The van der Waals surface area contributed by atoms with Gasteiger partial charge in [-0.1, -0.05) is 20.3 Å². The minimum absolute atomic E-state index is 0.213. The third-order valence-electron chi connectivity index (χ3n) is 3.59. The molecule has 17 heavy (non-hydrogen) atoms. The van der Waals surface area contributed by atoms with Crippen molar-refractivity contribution in [3.63, 3.8) is 0 Å². The monoisotopic (exact) mass is 258 g/mol. The highest BCUT2D eigenvalue weighted by Gasteiger charge is 2.39. The lowest BCUT2D eigenvalue weighted by atomic mass is 9.91. The smallest absolute Gasteiger partial charge is 0.240 e. The van der Waals surface area contributed by atoms with Crippen molar-refractivity contribution in [2.45, 2.75) is 56.7 Å². The number of hydrogen-bond acceptors (Lipinski definition) is 3. The largest absolute Gasteiger partial charge is 0.354 e. The Hall–Kier alpha value is -0.220. The first kappa shape index (κ1) is 14.8. The zero-order valence-electron chi connectivity index (χ0n) is 11.3. The summed E-state index contributed by atoms with van der Waals surface area (Å²) in [7, 11) is 0. The van der Waals surface area contributed by atoms with Crippen LogP contribution in [0.5, 0.6) is 0 Å². The Balaban J connectivity index is 2.38. The van der Waals surface area contributed by atoms with Crippen LogP contribution in [0.2, 0.25) is 0 Å². The molecule has 0 bridgehead atoms. The number of carbonyl (C=O) groups excluding carboxylic acids is 1. The van der Waals surface area contributed by atoms with Crippen LogP contribution in [0.4, 0.5) is 0 Å². The zero-order chi connectivity index (χ0) is 12.7. The van der Waals surface area contributed by atoms with Crippen LogP contribution >= 0.6 is 11.8 Å². The molecule has 3 nitrogen and oxygen atoms in total. The second-order valence-corrected chi connectivity index (χ2v) is 6.23. The highest BCUT2D eigenvalue weighted by molar-refractivity contribution is 7.99. The van der Waals surface area contributed by atoms with Crippen molar-refractivity contribution < 1.29 is 4.79 Å². The second-order valence-electron chi connectivity index (χ2n) is 4.95. The summed E-state index contributed by atoms with van der Waals surface area (Å²) in [6.45, 7) is 6.12. The third-order valence-corrected chi connectivity index (χ3v) is 4.63. The van der Waals surface area contributed by atoms with Crippen molar-refractivity contribution in [1.29, 1.82) is 0 Å². The van der Waals surface area contributed by atoms with Crippen LogP contribution in [0.25, 0.3) is 0 Å². The molecule has 1 saturated heterocycles. The first-order valence-electron chi connectivity index (χ1n) is 6.70. The van der Waals surface area contributed by atoms with E-state index >= 15 is 0 Å². The Bertz CT molecular complexity index is 240. The summed E-state index contributed by atoms with van der Waals surface area (Å²) in [5.74, 6) is 0.213. The number of rotatable bonds is 7. The van der Waals surface area contributed by atoms with Crippen molar-refractivity contribution in [3.8, 4) is 0 Å². The highest BCUT2D eigenvalue weighted by Crippen LogP contribution is 2.24. The summed E-state index contributed by atoms with van der Waals surface area (Å²) >= 11 is 1.85. The van der Waals surface area contributed by atoms with Gasteiger partial charge in [-0.2, -0.15) is 11.8 Å². The predicted molar refractivity (Wildman–Crippen MR) is 75.5 cm³/mol. The molecule has 1 fully saturated rings. The molecule has 0 aromatic heterocycles. The first-order valence-corrected chi connectivity index (χ1v) is 7.99. The van der Waals surface area contributed by atoms with Gasteiger partial charge in [-0.3, -0.25) is 4.79 Å². The summed E-state index contributed by atoms with van der Waals surface area (Å²) in [6, 6.07) is 0. The molecule has 4 heteroatoms. The van der Waals surface area contributed by atoms with Crippen LogP contribution in [-0.2, 0) is 4.79 Å². The number of nitrogens with one attached hydrogen (secondary N) is 2. The van der Waals surface area contributed by atoms with E-state index in [2.05, 4.69) is 30.7 Å². The molecule has 2 unspecified atom stereocenters. The van der Waals surface area contributed by atoms with Gasteiger partial charge < -0.3 is 10.6 Å². The maximum atomic E-state index is 12.2. The number of carbonyl (C=O) groups is 1. The Kier molecular flexibility index (Phi) is 6.34.